The van der Waals surface area contributed by atoms with Crippen molar-refractivity contribution < 1.29 is 9.18 Å². The van der Waals surface area contributed by atoms with Crippen LogP contribution >= 0.6 is 15.9 Å². The van der Waals surface area contributed by atoms with Crippen LogP contribution in [0, 0.1) is 5.82 Å². The van der Waals surface area contributed by atoms with Gasteiger partial charge in [0.2, 0.25) is 0 Å². The van der Waals surface area contributed by atoms with Gasteiger partial charge in [0.1, 0.15) is 5.82 Å². The van der Waals surface area contributed by atoms with Gasteiger partial charge < -0.3 is 0 Å². The molecule has 0 bridgehead atoms. The first-order valence-corrected chi connectivity index (χ1v) is 8.82. The highest BCUT2D eigenvalue weighted by molar-refractivity contribution is 9.10. The molecule has 26 heavy (non-hydrogen) atoms. The predicted molar refractivity (Wildman–Crippen MR) is 106 cm³/mol. The van der Waals surface area contributed by atoms with E-state index in [1.54, 1.807) is 42.6 Å². The number of halogens is 2. The van der Waals surface area contributed by atoms with Gasteiger partial charge in [0.25, 0.3) is 5.56 Å². The smallest absolute Gasteiger partial charge is 0.265 e. The van der Waals surface area contributed by atoms with Gasteiger partial charge in [-0.1, -0.05) is 26.0 Å². The lowest BCUT2D eigenvalue weighted by molar-refractivity contribution is 0.112. The number of aromatic nitrogens is 1. The Labute approximate surface area is 158 Å². The van der Waals surface area contributed by atoms with Crippen molar-refractivity contribution in [2.75, 3.05) is 0 Å². The number of rotatable bonds is 4. The third-order valence-corrected chi connectivity index (χ3v) is 5.31. The highest BCUT2D eigenvalue weighted by atomic mass is 79.9. The van der Waals surface area contributed by atoms with Crippen LogP contribution in [0.25, 0.3) is 16.5 Å². The summed E-state index contributed by atoms with van der Waals surface area (Å²) in [7, 11) is 0. The van der Waals surface area contributed by atoms with Crippen molar-refractivity contribution in [3.8, 4) is 5.69 Å². The number of aldehydes is 1. The van der Waals surface area contributed by atoms with E-state index < -0.39 is 16.8 Å². The number of allylic oxidation sites excluding steroid dienone is 1. The normalized spacial score (nSPS) is 11.5. The van der Waals surface area contributed by atoms with E-state index in [1.165, 1.54) is 10.6 Å². The molecule has 0 saturated heterocycles. The molecule has 3 rings (SSSR count). The zero-order chi connectivity index (χ0) is 19.1. The Balaban J connectivity index is 2.32. The van der Waals surface area contributed by atoms with Crippen LogP contribution in [0.15, 0.2) is 64.5 Å². The van der Waals surface area contributed by atoms with Gasteiger partial charge in [0.15, 0.2) is 6.29 Å². The van der Waals surface area contributed by atoms with Crippen molar-refractivity contribution in [1.82, 2.24) is 4.57 Å². The maximum absolute atomic E-state index is 14.8. The second kappa shape index (κ2) is 6.65. The SMILES string of the molecule is C=CC(C)(C)c1cc(F)c2c(=O)n(-c3cccc(Br)c3C=O)ccc2c1. The summed E-state index contributed by atoms with van der Waals surface area (Å²) in [6.07, 6.45) is 3.97. The van der Waals surface area contributed by atoms with E-state index in [1.807, 2.05) is 13.8 Å². The summed E-state index contributed by atoms with van der Waals surface area (Å²) >= 11 is 3.30. The lowest BCUT2D eigenvalue weighted by atomic mass is 9.84. The van der Waals surface area contributed by atoms with Crippen LogP contribution in [0.1, 0.15) is 29.8 Å². The minimum absolute atomic E-state index is 0.00654. The molecular formula is C21H17BrFNO2. The Morgan fingerprint density at radius 1 is 1.23 bits per heavy atom. The van der Waals surface area contributed by atoms with Crippen LogP contribution in [-0.4, -0.2) is 10.9 Å². The van der Waals surface area contributed by atoms with E-state index in [2.05, 4.69) is 22.5 Å². The summed E-state index contributed by atoms with van der Waals surface area (Å²) in [6.45, 7) is 7.65. The second-order valence-electron chi connectivity index (χ2n) is 6.63. The van der Waals surface area contributed by atoms with Crippen LogP contribution in [0.3, 0.4) is 0 Å². The highest BCUT2D eigenvalue weighted by Gasteiger charge is 2.20. The average Bonchev–Trinajstić information content (AvgIpc) is 2.61. The molecule has 0 aliphatic heterocycles. The van der Waals surface area contributed by atoms with Gasteiger partial charge in [0.05, 0.1) is 16.6 Å². The minimum Gasteiger partial charge on any atom is -0.298 e. The predicted octanol–water partition coefficient (Wildman–Crippen LogP) is 5.17. The van der Waals surface area contributed by atoms with Gasteiger partial charge in [0, 0.05) is 16.1 Å². The molecule has 5 heteroatoms. The summed E-state index contributed by atoms with van der Waals surface area (Å²) in [5.41, 5.74) is 0.545. The molecule has 1 heterocycles. The Morgan fingerprint density at radius 2 is 1.96 bits per heavy atom. The number of fused-ring (bicyclic) bond motifs is 1. The first-order chi connectivity index (χ1) is 12.3. The van der Waals surface area contributed by atoms with Gasteiger partial charge in [-0.25, -0.2) is 4.39 Å². The molecule has 0 radical (unpaired) electrons. The molecule has 0 fully saturated rings. The first kappa shape index (κ1) is 18.3. The molecule has 132 valence electrons. The molecule has 0 saturated carbocycles. The fraction of sp³-hybridized carbons (Fsp3) is 0.143. The van der Waals surface area contributed by atoms with E-state index in [0.29, 0.717) is 27.4 Å². The largest absolute Gasteiger partial charge is 0.298 e. The van der Waals surface area contributed by atoms with Crippen LogP contribution in [0.2, 0.25) is 0 Å². The standard InChI is InChI=1S/C21H17BrFNO2/c1-4-21(2,3)14-10-13-8-9-24(20(26)19(13)17(23)11-14)18-7-5-6-16(22)15(18)12-25/h4-12H,1H2,2-3H3. The van der Waals surface area contributed by atoms with Gasteiger partial charge in [-0.15, -0.1) is 6.58 Å². The maximum Gasteiger partial charge on any atom is 0.265 e. The molecule has 1 aromatic heterocycles. The first-order valence-electron chi connectivity index (χ1n) is 8.03. The molecule has 0 spiro atoms. The molecule has 0 aliphatic rings. The summed E-state index contributed by atoms with van der Waals surface area (Å²) in [5, 5.41) is 0.506. The van der Waals surface area contributed by atoms with Crippen molar-refractivity contribution in [3.63, 3.8) is 0 Å². The fourth-order valence-corrected chi connectivity index (χ4v) is 3.31. The average molecular weight is 414 g/mol. The Kier molecular flexibility index (Phi) is 4.67. The number of carbonyl (C=O) groups excluding carboxylic acids is 1. The highest BCUT2D eigenvalue weighted by Crippen LogP contribution is 2.29. The Hall–Kier alpha value is -2.53. The summed E-state index contributed by atoms with van der Waals surface area (Å²) in [5.74, 6) is -0.588. The van der Waals surface area contributed by atoms with Gasteiger partial charge >= 0.3 is 0 Å². The molecule has 2 aromatic carbocycles. The van der Waals surface area contributed by atoms with E-state index >= 15 is 0 Å². The Bertz CT molecular complexity index is 1100. The molecular weight excluding hydrogens is 397 g/mol. The molecule has 0 aliphatic carbocycles. The number of carbonyl (C=O) groups is 1. The fourth-order valence-electron chi connectivity index (χ4n) is 2.86. The number of hydrogen-bond acceptors (Lipinski definition) is 2. The molecule has 3 nitrogen and oxygen atoms in total. The van der Waals surface area contributed by atoms with Crippen LogP contribution < -0.4 is 5.56 Å². The van der Waals surface area contributed by atoms with Crippen LogP contribution in [0.5, 0.6) is 0 Å². The lowest BCUT2D eigenvalue weighted by Gasteiger charge is -2.21. The number of hydrogen-bond donors (Lipinski definition) is 0. The van der Waals surface area contributed by atoms with E-state index in [4.69, 9.17) is 0 Å². The Morgan fingerprint density at radius 3 is 2.62 bits per heavy atom. The summed E-state index contributed by atoms with van der Waals surface area (Å²) in [4.78, 5) is 24.4. The zero-order valence-corrected chi connectivity index (χ0v) is 16.0. The van der Waals surface area contributed by atoms with Crippen molar-refractivity contribution >= 4 is 33.0 Å². The van der Waals surface area contributed by atoms with Gasteiger partial charge in [-0.05, 0) is 57.2 Å². The molecule has 0 unspecified atom stereocenters. The molecule has 0 amide bonds. The number of pyridine rings is 1. The van der Waals surface area contributed by atoms with E-state index in [-0.39, 0.29) is 5.39 Å². The van der Waals surface area contributed by atoms with Crippen molar-refractivity contribution in [3.05, 3.63) is 87.0 Å². The summed E-state index contributed by atoms with van der Waals surface area (Å²) < 4.78 is 16.7. The van der Waals surface area contributed by atoms with Crippen molar-refractivity contribution in [2.24, 2.45) is 0 Å². The van der Waals surface area contributed by atoms with Crippen LogP contribution in [-0.2, 0) is 5.41 Å². The van der Waals surface area contributed by atoms with Gasteiger partial charge in [-0.2, -0.15) is 0 Å². The monoisotopic (exact) mass is 413 g/mol. The lowest BCUT2D eigenvalue weighted by Crippen LogP contribution is -2.21. The maximum atomic E-state index is 14.8. The van der Waals surface area contributed by atoms with E-state index in [9.17, 15) is 14.0 Å². The number of benzene rings is 2. The quantitative estimate of drug-likeness (QED) is 0.437. The zero-order valence-electron chi connectivity index (χ0n) is 14.4. The third kappa shape index (κ3) is 2.92. The molecule has 0 atom stereocenters. The summed E-state index contributed by atoms with van der Waals surface area (Å²) in [6, 6.07) is 9.93. The van der Waals surface area contributed by atoms with E-state index in [0.717, 1.165) is 5.56 Å². The van der Waals surface area contributed by atoms with Crippen molar-refractivity contribution in [1.29, 1.82) is 0 Å². The molecule has 0 N–H and O–H groups in total. The van der Waals surface area contributed by atoms with Crippen LogP contribution in [0.4, 0.5) is 4.39 Å². The second-order valence-corrected chi connectivity index (χ2v) is 7.48. The topological polar surface area (TPSA) is 39.1 Å². The minimum atomic E-state index is -0.588. The van der Waals surface area contributed by atoms with Gasteiger partial charge in [-0.3, -0.25) is 14.2 Å². The third-order valence-electron chi connectivity index (χ3n) is 4.62. The van der Waals surface area contributed by atoms with Crippen molar-refractivity contribution in [2.45, 2.75) is 19.3 Å². The number of nitrogens with zero attached hydrogens (tertiary/aromatic N) is 1. The molecule has 3 aromatic rings.